The van der Waals surface area contributed by atoms with Crippen LogP contribution in [-0.4, -0.2) is 42.3 Å². The van der Waals surface area contributed by atoms with E-state index in [2.05, 4.69) is 29.2 Å². The molecule has 0 saturated heterocycles. The molecule has 2 aromatic rings. The second-order valence-electron chi connectivity index (χ2n) is 8.57. The molecule has 0 aliphatic heterocycles. The molecule has 2 aliphatic carbocycles. The lowest BCUT2D eigenvalue weighted by atomic mass is 10.1. The number of aryl methyl sites for hydroxylation is 1. The highest BCUT2D eigenvalue weighted by Crippen LogP contribution is 2.26. The molecule has 2 aliphatic rings. The summed E-state index contributed by atoms with van der Waals surface area (Å²) in [5.74, 6) is 2.09. The molecular formula is C27H34N2O7. The van der Waals surface area contributed by atoms with Gasteiger partial charge < -0.3 is 19.5 Å². The predicted molar refractivity (Wildman–Crippen MR) is 136 cm³/mol. The van der Waals surface area contributed by atoms with Gasteiger partial charge in [-0.25, -0.2) is 0 Å². The maximum Gasteiger partial charge on any atom is 0.211 e. The summed E-state index contributed by atoms with van der Waals surface area (Å²) in [6, 6.07) is 11.1. The normalized spacial score (nSPS) is 14.3. The van der Waals surface area contributed by atoms with Gasteiger partial charge in [0.2, 0.25) is 5.78 Å². The smallest absolute Gasteiger partial charge is 0.211 e. The lowest BCUT2D eigenvalue weighted by Crippen LogP contribution is -2.07. The van der Waals surface area contributed by atoms with Crippen LogP contribution in [0.15, 0.2) is 46.9 Å². The van der Waals surface area contributed by atoms with Crippen LogP contribution in [0.5, 0.6) is 11.5 Å². The number of ketones is 2. The Morgan fingerprint density at radius 1 is 0.917 bits per heavy atom. The second kappa shape index (κ2) is 14.6. The molecule has 9 nitrogen and oxygen atoms in total. The number of oxime groups is 1. The highest BCUT2D eigenvalue weighted by molar-refractivity contribution is 6.49. The third-order valence-corrected chi connectivity index (χ3v) is 5.53. The van der Waals surface area contributed by atoms with Crippen LogP contribution in [0.25, 0.3) is 0 Å². The fraction of sp³-hybridized carbons (Fsp3) is 0.444. The van der Waals surface area contributed by atoms with Crippen LogP contribution in [0.2, 0.25) is 0 Å². The van der Waals surface area contributed by atoms with Crippen LogP contribution < -0.4 is 9.47 Å². The maximum atomic E-state index is 11.6. The number of nitrogens with zero attached hydrogens (tertiary/aromatic N) is 2. The van der Waals surface area contributed by atoms with E-state index in [9.17, 15) is 14.5 Å². The zero-order chi connectivity index (χ0) is 26.5. The summed E-state index contributed by atoms with van der Waals surface area (Å²) in [7, 11) is 0. The number of Topliss-reactive ketones (excluding diaryl/α,β-unsaturated/α-hetero) is 2. The average Bonchev–Trinajstić information content (AvgIpc) is 3.39. The molecule has 194 valence electrons. The molecule has 0 aromatic heterocycles. The first-order valence-corrected chi connectivity index (χ1v) is 12.1. The van der Waals surface area contributed by atoms with E-state index < -0.39 is 0 Å². The van der Waals surface area contributed by atoms with Crippen molar-refractivity contribution in [2.75, 3.05) is 19.8 Å². The summed E-state index contributed by atoms with van der Waals surface area (Å²) >= 11 is 0. The van der Waals surface area contributed by atoms with Crippen molar-refractivity contribution in [1.82, 2.24) is 0 Å². The molecule has 4 rings (SSSR count). The number of hydrogen-bond acceptors (Lipinski definition) is 9. The Labute approximate surface area is 211 Å². The summed E-state index contributed by atoms with van der Waals surface area (Å²) in [6.07, 6.45) is 2.84. The number of benzene rings is 2. The molecular weight excluding hydrogens is 464 g/mol. The number of fused-ring (bicyclic) bond motifs is 2. The van der Waals surface area contributed by atoms with E-state index >= 15 is 0 Å². The van der Waals surface area contributed by atoms with Gasteiger partial charge in [-0.05, 0) is 68.0 Å². The van der Waals surface area contributed by atoms with Gasteiger partial charge in [0, 0.05) is 24.0 Å². The molecule has 0 spiro atoms. The van der Waals surface area contributed by atoms with Crippen molar-refractivity contribution in [3.63, 3.8) is 0 Å². The van der Waals surface area contributed by atoms with Crippen molar-refractivity contribution in [1.29, 1.82) is 0 Å². The van der Waals surface area contributed by atoms with Crippen molar-refractivity contribution >= 4 is 17.3 Å². The van der Waals surface area contributed by atoms with Crippen LogP contribution in [-0.2, 0) is 17.7 Å². The Morgan fingerprint density at radius 2 is 1.53 bits per heavy atom. The zero-order valence-electron chi connectivity index (χ0n) is 21.3. The van der Waals surface area contributed by atoms with Gasteiger partial charge in [-0.2, -0.15) is 0 Å². The molecule has 0 radical (unpaired) electrons. The van der Waals surface area contributed by atoms with Crippen molar-refractivity contribution in [2.24, 2.45) is 16.4 Å². The van der Waals surface area contributed by atoms with Crippen molar-refractivity contribution < 1.29 is 29.1 Å². The van der Waals surface area contributed by atoms with Gasteiger partial charge >= 0.3 is 0 Å². The highest BCUT2D eigenvalue weighted by atomic mass is 16.7. The molecule has 1 N–H and O–H groups in total. The van der Waals surface area contributed by atoms with Crippen LogP contribution in [0.4, 0.5) is 0 Å². The minimum Gasteiger partial charge on any atom is -0.494 e. The fourth-order valence-electron chi connectivity index (χ4n) is 3.67. The lowest BCUT2D eigenvalue weighted by Gasteiger charge is -2.04. The lowest BCUT2D eigenvalue weighted by molar-refractivity contribution is 0.0993. The molecule has 9 heteroatoms. The van der Waals surface area contributed by atoms with Gasteiger partial charge in [0.1, 0.15) is 23.8 Å². The van der Waals surface area contributed by atoms with E-state index in [1.807, 2.05) is 44.2 Å². The van der Waals surface area contributed by atoms with Crippen molar-refractivity contribution in [2.45, 2.75) is 53.4 Å². The third kappa shape index (κ3) is 8.18. The Hall–Kier alpha value is -3.75. The molecule has 0 saturated carbocycles. The monoisotopic (exact) mass is 498 g/mol. The second-order valence-corrected chi connectivity index (χ2v) is 8.57. The summed E-state index contributed by atoms with van der Waals surface area (Å²) < 4.78 is 10.6. The molecule has 2 aromatic carbocycles. The van der Waals surface area contributed by atoms with E-state index in [4.69, 9.17) is 14.7 Å². The van der Waals surface area contributed by atoms with Crippen molar-refractivity contribution in [3.05, 3.63) is 63.6 Å². The SMILES string of the molecule is CC(C)CCON=O.CCOc1ccc2c(c1)C(=O)/C(=N/O)C2.CCOc1ccc2c(c1)C(=O)CC2. The molecule has 0 heterocycles. The van der Waals surface area contributed by atoms with Gasteiger partial charge in [0.25, 0.3) is 0 Å². The van der Waals surface area contributed by atoms with Crippen LogP contribution >= 0.6 is 0 Å². The Balaban J connectivity index is 0.000000200. The molecule has 0 unspecified atom stereocenters. The molecule has 0 bridgehead atoms. The highest BCUT2D eigenvalue weighted by Gasteiger charge is 2.27. The third-order valence-electron chi connectivity index (χ3n) is 5.53. The minimum absolute atomic E-state index is 0.193. The Bertz CT molecular complexity index is 1080. The first kappa shape index (κ1) is 28.5. The number of rotatable bonds is 8. The molecule has 36 heavy (non-hydrogen) atoms. The van der Waals surface area contributed by atoms with Crippen LogP contribution in [0, 0.1) is 10.8 Å². The van der Waals surface area contributed by atoms with E-state index in [-0.39, 0.29) is 17.3 Å². The Morgan fingerprint density at radius 3 is 2.08 bits per heavy atom. The standard InChI is InChI=1S/C11H11NO3.C11H12O2.C5H11NO2/c1-2-15-8-4-3-7-5-10(12-14)11(13)9(7)6-8;1-2-13-9-5-3-8-4-6-11(12)10(8)7-9;1-5(2)3-4-8-6-7/h3-4,6,14H,2,5H2,1H3;3,5,7H,2,4,6H2,1H3;5H,3-4H2,1-2H3/b12-10+;;. The maximum absolute atomic E-state index is 11.6. The summed E-state index contributed by atoms with van der Waals surface area (Å²) in [6.45, 7) is 9.61. The van der Waals surface area contributed by atoms with E-state index in [0.29, 0.717) is 49.9 Å². The van der Waals surface area contributed by atoms with Gasteiger partial charge in [0.05, 0.1) is 13.2 Å². The van der Waals surface area contributed by atoms with Gasteiger partial charge in [-0.1, -0.05) is 31.1 Å². The van der Waals surface area contributed by atoms with Gasteiger partial charge in [0.15, 0.2) is 11.1 Å². The van der Waals surface area contributed by atoms with E-state index in [1.165, 1.54) is 0 Å². The largest absolute Gasteiger partial charge is 0.494 e. The molecule has 0 fully saturated rings. The summed E-state index contributed by atoms with van der Waals surface area (Å²) in [5, 5.41) is 13.9. The number of ether oxygens (including phenoxy) is 2. The Kier molecular flexibility index (Phi) is 11.6. The average molecular weight is 499 g/mol. The first-order chi connectivity index (χ1) is 17.3. The summed E-state index contributed by atoms with van der Waals surface area (Å²) in [5.41, 5.74) is 3.67. The minimum atomic E-state index is -0.214. The van der Waals surface area contributed by atoms with Crippen LogP contribution in [0.1, 0.15) is 72.4 Å². The zero-order valence-corrected chi connectivity index (χ0v) is 21.3. The summed E-state index contributed by atoms with van der Waals surface area (Å²) in [4.78, 5) is 36.5. The number of carbonyl (C=O) groups is 2. The van der Waals surface area contributed by atoms with Gasteiger partial charge in [-0.3, -0.25) is 9.59 Å². The fourth-order valence-corrected chi connectivity index (χ4v) is 3.67. The van der Waals surface area contributed by atoms with E-state index in [0.717, 1.165) is 35.3 Å². The quantitative estimate of drug-likeness (QED) is 0.217. The number of carbonyl (C=O) groups excluding carboxylic acids is 2. The predicted octanol–water partition coefficient (Wildman–Crippen LogP) is 5.60. The van der Waals surface area contributed by atoms with Crippen LogP contribution in [0.3, 0.4) is 0 Å². The van der Waals surface area contributed by atoms with Gasteiger partial charge in [-0.15, -0.1) is 4.91 Å². The molecule has 0 amide bonds. The number of hydrogen-bond donors (Lipinski definition) is 1. The topological polar surface area (TPSA) is 124 Å². The van der Waals surface area contributed by atoms with E-state index in [1.54, 1.807) is 6.07 Å². The first-order valence-electron chi connectivity index (χ1n) is 12.1. The molecule has 0 atom stereocenters. The van der Waals surface area contributed by atoms with Crippen molar-refractivity contribution in [3.8, 4) is 11.5 Å².